The van der Waals surface area contributed by atoms with Crippen LogP contribution in [0, 0.1) is 11.3 Å². The van der Waals surface area contributed by atoms with Gasteiger partial charge in [-0.2, -0.15) is 11.3 Å². The summed E-state index contributed by atoms with van der Waals surface area (Å²) in [5.74, 6) is -1.13. The van der Waals surface area contributed by atoms with Crippen LogP contribution < -0.4 is 16.4 Å². The molecule has 1 heterocycles. The van der Waals surface area contributed by atoms with Crippen LogP contribution in [0.5, 0.6) is 0 Å². The van der Waals surface area contributed by atoms with Crippen LogP contribution in [0.25, 0.3) is 0 Å². The number of nitrogens with one attached hydrogen (secondary N) is 2. The lowest BCUT2D eigenvalue weighted by Crippen LogP contribution is -2.47. The number of urea groups is 1. The Morgan fingerprint density at radius 3 is 2.33 bits per heavy atom. The number of primary amides is 1. The summed E-state index contributed by atoms with van der Waals surface area (Å²) < 4.78 is 0. The molecule has 8 nitrogen and oxygen atoms in total. The Morgan fingerprint density at radius 1 is 1.08 bits per heavy atom. The zero-order valence-corrected chi connectivity index (χ0v) is 21.4. The van der Waals surface area contributed by atoms with Gasteiger partial charge in [-0.1, -0.05) is 25.5 Å². The maximum absolute atomic E-state index is 13.5. The van der Waals surface area contributed by atoms with Crippen LogP contribution in [0.2, 0.25) is 0 Å². The lowest BCUT2D eigenvalue weighted by atomic mass is 9.60. The van der Waals surface area contributed by atoms with E-state index in [1.807, 2.05) is 23.8 Å². The number of thiophene rings is 1. The summed E-state index contributed by atoms with van der Waals surface area (Å²) in [6.07, 6.45) is 2.98. The summed E-state index contributed by atoms with van der Waals surface area (Å²) in [4.78, 5) is 51.0. The Kier molecular flexibility index (Phi) is 9.78. The van der Waals surface area contributed by atoms with Crippen LogP contribution in [0.15, 0.2) is 41.1 Å². The van der Waals surface area contributed by atoms with Gasteiger partial charge in [0.1, 0.15) is 11.6 Å². The summed E-state index contributed by atoms with van der Waals surface area (Å²) in [6.45, 7) is 2.20. The molecule has 2 atom stereocenters. The Labute approximate surface area is 215 Å². The number of hydrogen-bond donors (Lipinski definition) is 4. The van der Waals surface area contributed by atoms with E-state index in [-0.39, 0.29) is 36.4 Å². The average molecular weight is 514 g/mol. The van der Waals surface area contributed by atoms with E-state index in [4.69, 9.17) is 5.73 Å². The molecule has 0 spiro atoms. The number of aliphatic hydroxyl groups is 1. The number of carbonyl (C=O) groups is 4. The van der Waals surface area contributed by atoms with Crippen LogP contribution in [0.3, 0.4) is 0 Å². The van der Waals surface area contributed by atoms with Gasteiger partial charge in [0.05, 0.1) is 12.0 Å². The molecular formula is C27H35N3O5S. The molecule has 1 saturated carbocycles. The minimum absolute atomic E-state index is 0.0320. The highest BCUT2D eigenvalue weighted by molar-refractivity contribution is 7.08. The normalized spacial score (nSPS) is 15.8. The highest BCUT2D eigenvalue weighted by atomic mass is 32.1. The minimum atomic E-state index is -1.00. The summed E-state index contributed by atoms with van der Waals surface area (Å²) in [5, 5.41) is 18.6. The molecule has 0 aliphatic heterocycles. The fraction of sp³-hybridized carbons (Fsp3) is 0.481. The van der Waals surface area contributed by atoms with Crippen molar-refractivity contribution >= 4 is 40.5 Å². The summed E-state index contributed by atoms with van der Waals surface area (Å²) >= 11 is 1.58. The molecule has 1 aliphatic carbocycles. The SMILES string of the molecule is C[C@H](CC(=O)C1(C(=O)C[C@@H](CCCNC(N)=O)C(=O)Nc2ccc(CO)cc2)CCC1)c1ccsc1. The van der Waals surface area contributed by atoms with Crippen molar-refractivity contribution in [2.45, 2.75) is 64.4 Å². The van der Waals surface area contributed by atoms with Crippen LogP contribution in [-0.2, 0) is 21.0 Å². The van der Waals surface area contributed by atoms with Crippen molar-refractivity contribution < 1.29 is 24.3 Å². The molecule has 1 aromatic carbocycles. The number of benzene rings is 1. The van der Waals surface area contributed by atoms with Gasteiger partial charge in [0.25, 0.3) is 0 Å². The van der Waals surface area contributed by atoms with E-state index in [0.717, 1.165) is 17.5 Å². The highest BCUT2D eigenvalue weighted by Gasteiger charge is 2.50. The summed E-state index contributed by atoms with van der Waals surface area (Å²) in [6, 6.07) is 8.17. The van der Waals surface area contributed by atoms with Crippen molar-refractivity contribution in [3.63, 3.8) is 0 Å². The minimum Gasteiger partial charge on any atom is -0.392 e. The van der Waals surface area contributed by atoms with Gasteiger partial charge >= 0.3 is 6.03 Å². The quantitative estimate of drug-likeness (QED) is 0.222. The third kappa shape index (κ3) is 7.01. The summed E-state index contributed by atoms with van der Waals surface area (Å²) in [5.41, 5.74) is 6.51. The van der Waals surface area contributed by atoms with Crippen molar-refractivity contribution in [2.75, 3.05) is 11.9 Å². The molecule has 0 bridgehead atoms. The zero-order chi connectivity index (χ0) is 26.1. The topological polar surface area (TPSA) is 139 Å². The maximum atomic E-state index is 13.5. The van der Waals surface area contributed by atoms with E-state index in [2.05, 4.69) is 10.6 Å². The second-order valence-electron chi connectivity index (χ2n) is 9.62. The number of amides is 3. The van der Waals surface area contributed by atoms with E-state index in [9.17, 15) is 24.3 Å². The molecule has 0 unspecified atom stereocenters. The monoisotopic (exact) mass is 513 g/mol. The molecule has 9 heteroatoms. The average Bonchev–Trinajstić information content (AvgIpc) is 3.36. The van der Waals surface area contributed by atoms with E-state index < -0.39 is 17.4 Å². The highest BCUT2D eigenvalue weighted by Crippen LogP contribution is 2.46. The van der Waals surface area contributed by atoms with Gasteiger partial charge in [0.15, 0.2) is 0 Å². The number of nitrogens with two attached hydrogens (primary N) is 1. The van der Waals surface area contributed by atoms with Gasteiger partial charge in [0.2, 0.25) is 5.91 Å². The zero-order valence-electron chi connectivity index (χ0n) is 20.6. The van der Waals surface area contributed by atoms with Crippen LogP contribution in [0.1, 0.15) is 68.9 Å². The Balaban J connectivity index is 1.69. The number of rotatable bonds is 14. The predicted molar refractivity (Wildman–Crippen MR) is 140 cm³/mol. The van der Waals surface area contributed by atoms with Gasteiger partial charge < -0.3 is 21.5 Å². The third-order valence-electron chi connectivity index (χ3n) is 7.11. The van der Waals surface area contributed by atoms with Crippen LogP contribution in [-0.4, -0.2) is 35.2 Å². The molecule has 1 aromatic heterocycles. The molecule has 1 aliphatic rings. The maximum Gasteiger partial charge on any atom is 0.312 e. The first-order chi connectivity index (χ1) is 17.2. The molecule has 0 radical (unpaired) electrons. The van der Waals surface area contributed by atoms with E-state index in [1.54, 1.807) is 35.6 Å². The molecule has 3 amide bonds. The number of aliphatic hydroxyl groups excluding tert-OH is 1. The lowest BCUT2D eigenvalue weighted by molar-refractivity contribution is -0.148. The first-order valence-electron chi connectivity index (χ1n) is 12.4. The summed E-state index contributed by atoms with van der Waals surface area (Å²) in [7, 11) is 0. The smallest absolute Gasteiger partial charge is 0.312 e. The van der Waals surface area contributed by atoms with Gasteiger partial charge in [-0.15, -0.1) is 0 Å². The van der Waals surface area contributed by atoms with Crippen molar-refractivity contribution in [1.82, 2.24) is 5.32 Å². The Hall–Kier alpha value is -3.04. The third-order valence-corrected chi connectivity index (χ3v) is 7.82. The largest absolute Gasteiger partial charge is 0.392 e. The van der Waals surface area contributed by atoms with Gasteiger partial charge in [-0.05, 0) is 71.7 Å². The Bertz CT molecular complexity index is 1050. The number of anilines is 1. The molecule has 1 fully saturated rings. The first kappa shape index (κ1) is 27.5. The standard InChI is InChI=1S/C27H35N3O5S/c1-18(21-9-13-36-17-21)14-23(32)27(10-3-11-27)24(33)15-20(4-2-12-29-26(28)35)25(34)30-22-7-5-19(16-31)6-8-22/h5-9,13,17-18,20,31H,2-4,10-12,14-16H2,1H3,(H,30,34)(H3,28,29,35)/t18-,20-/m1/s1. The molecule has 36 heavy (non-hydrogen) atoms. The fourth-order valence-electron chi connectivity index (χ4n) is 4.63. The van der Waals surface area contributed by atoms with Gasteiger partial charge in [0, 0.05) is 31.0 Å². The molecule has 0 saturated heterocycles. The van der Waals surface area contributed by atoms with Crippen molar-refractivity contribution in [2.24, 2.45) is 17.1 Å². The van der Waals surface area contributed by atoms with Crippen molar-refractivity contribution in [3.05, 3.63) is 52.2 Å². The van der Waals surface area contributed by atoms with Gasteiger partial charge in [-0.3, -0.25) is 14.4 Å². The molecular weight excluding hydrogens is 478 g/mol. The van der Waals surface area contributed by atoms with Crippen LogP contribution in [0.4, 0.5) is 10.5 Å². The Morgan fingerprint density at radius 2 is 1.78 bits per heavy atom. The molecule has 194 valence electrons. The molecule has 2 aromatic rings. The lowest BCUT2D eigenvalue weighted by Gasteiger charge is -2.40. The number of ketones is 2. The van der Waals surface area contributed by atoms with Crippen molar-refractivity contribution in [1.29, 1.82) is 0 Å². The molecule has 3 rings (SSSR count). The predicted octanol–water partition coefficient (Wildman–Crippen LogP) is 4.14. The number of Topliss-reactive ketones (excluding diaryl/α,β-unsaturated/α-hetero) is 2. The second kappa shape index (κ2) is 12.8. The van der Waals surface area contributed by atoms with Gasteiger partial charge in [-0.25, -0.2) is 4.79 Å². The second-order valence-corrected chi connectivity index (χ2v) is 10.4. The number of hydrogen-bond acceptors (Lipinski definition) is 6. The first-order valence-corrected chi connectivity index (χ1v) is 13.3. The van der Waals surface area contributed by atoms with E-state index >= 15 is 0 Å². The van der Waals surface area contributed by atoms with E-state index in [0.29, 0.717) is 44.3 Å². The molecule has 5 N–H and O–H groups in total. The van der Waals surface area contributed by atoms with Crippen LogP contribution >= 0.6 is 11.3 Å². The van der Waals surface area contributed by atoms with E-state index in [1.165, 1.54) is 0 Å². The fourth-order valence-corrected chi connectivity index (χ4v) is 5.42. The number of carbonyl (C=O) groups excluding carboxylic acids is 4. The van der Waals surface area contributed by atoms with Crippen molar-refractivity contribution in [3.8, 4) is 0 Å².